The van der Waals surface area contributed by atoms with Gasteiger partial charge in [0, 0.05) is 19.7 Å². The Morgan fingerprint density at radius 1 is 1.57 bits per heavy atom. The first kappa shape index (κ1) is 13.1. The minimum Gasteiger partial charge on any atom is -0.480 e. The van der Waals surface area contributed by atoms with Crippen LogP contribution < -0.4 is 0 Å². The SMILES string of the molecule is C=CCN(CCOCCC)CC(=O)O. The van der Waals surface area contributed by atoms with Crippen molar-refractivity contribution in [2.45, 2.75) is 13.3 Å². The third-order valence-corrected chi connectivity index (χ3v) is 1.65. The molecule has 0 aromatic carbocycles. The molecule has 0 rings (SSSR count). The van der Waals surface area contributed by atoms with E-state index in [1.165, 1.54) is 0 Å². The molecule has 0 aromatic heterocycles. The first-order chi connectivity index (χ1) is 6.70. The Kier molecular flexibility index (Phi) is 8.17. The van der Waals surface area contributed by atoms with Crippen molar-refractivity contribution in [1.82, 2.24) is 4.90 Å². The lowest BCUT2D eigenvalue weighted by molar-refractivity contribution is -0.138. The van der Waals surface area contributed by atoms with Gasteiger partial charge in [0.15, 0.2) is 0 Å². The van der Waals surface area contributed by atoms with Crippen LogP contribution in [0, 0.1) is 0 Å². The number of ether oxygens (including phenoxy) is 1. The topological polar surface area (TPSA) is 49.8 Å². The van der Waals surface area contributed by atoms with Gasteiger partial charge in [0.2, 0.25) is 0 Å². The molecule has 1 N–H and O–H groups in total. The molecule has 0 aliphatic rings. The van der Waals surface area contributed by atoms with Crippen LogP contribution in [0.5, 0.6) is 0 Å². The Labute approximate surface area is 85.2 Å². The van der Waals surface area contributed by atoms with Crippen LogP contribution in [0.3, 0.4) is 0 Å². The molecule has 0 aromatic rings. The van der Waals surface area contributed by atoms with Gasteiger partial charge in [0.25, 0.3) is 0 Å². The summed E-state index contributed by atoms with van der Waals surface area (Å²) in [5.74, 6) is -0.817. The van der Waals surface area contributed by atoms with Crippen LogP contribution in [0.1, 0.15) is 13.3 Å². The Morgan fingerprint density at radius 3 is 2.79 bits per heavy atom. The molecule has 0 radical (unpaired) electrons. The van der Waals surface area contributed by atoms with Crippen molar-refractivity contribution in [2.75, 3.05) is 32.8 Å². The summed E-state index contributed by atoms with van der Waals surface area (Å²) in [6, 6.07) is 0. The predicted octanol–water partition coefficient (Wildman–Crippen LogP) is 0.986. The van der Waals surface area contributed by atoms with Crippen LogP contribution >= 0.6 is 0 Å². The smallest absolute Gasteiger partial charge is 0.317 e. The molecule has 0 spiro atoms. The van der Waals surface area contributed by atoms with E-state index in [0.29, 0.717) is 19.7 Å². The molecule has 4 heteroatoms. The molecule has 0 aliphatic heterocycles. The van der Waals surface area contributed by atoms with Gasteiger partial charge in [-0.3, -0.25) is 9.69 Å². The number of nitrogens with zero attached hydrogens (tertiary/aromatic N) is 1. The lowest BCUT2D eigenvalue weighted by atomic mass is 10.4. The van der Waals surface area contributed by atoms with Crippen molar-refractivity contribution in [3.8, 4) is 0 Å². The first-order valence-electron chi connectivity index (χ1n) is 4.83. The second-order valence-electron chi connectivity index (χ2n) is 3.03. The molecule has 0 unspecified atom stereocenters. The molecule has 4 nitrogen and oxygen atoms in total. The minimum absolute atomic E-state index is 0.0432. The van der Waals surface area contributed by atoms with Gasteiger partial charge in [0.1, 0.15) is 0 Å². The molecule has 0 saturated carbocycles. The third-order valence-electron chi connectivity index (χ3n) is 1.65. The molecule has 0 amide bonds. The van der Waals surface area contributed by atoms with Crippen LogP contribution in [-0.2, 0) is 9.53 Å². The van der Waals surface area contributed by atoms with Crippen LogP contribution in [-0.4, -0.2) is 48.8 Å². The predicted molar refractivity (Wildman–Crippen MR) is 55.4 cm³/mol. The molecular formula is C10H19NO3. The van der Waals surface area contributed by atoms with Crippen LogP contribution in [0.25, 0.3) is 0 Å². The van der Waals surface area contributed by atoms with Gasteiger partial charge in [-0.1, -0.05) is 13.0 Å². The highest BCUT2D eigenvalue weighted by Gasteiger charge is 2.06. The van der Waals surface area contributed by atoms with E-state index in [0.717, 1.165) is 13.0 Å². The second kappa shape index (κ2) is 8.72. The van der Waals surface area contributed by atoms with E-state index in [1.54, 1.807) is 11.0 Å². The number of carboxylic acid groups (broad SMARTS) is 1. The van der Waals surface area contributed by atoms with Gasteiger partial charge in [-0.15, -0.1) is 6.58 Å². The Bertz CT molecular complexity index is 171. The average molecular weight is 201 g/mol. The van der Waals surface area contributed by atoms with E-state index in [4.69, 9.17) is 9.84 Å². The standard InChI is InChI=1S/C10H19NO3/c1-3-5-11(9-10(12)13)6-8-14-7-4-2/h3H,1,4-9H2,2H3,(H,12,13). The van der Waals surface area contributed by atoms with Crippen molar-refractivity contribution in [3.05, 3.63) is 12.7 Å². The van der Waals surface area contributed by atoms with Crippen LogP contribution in [0.15, 0.2) is 12.7 Å². The summed E-state index contributed by atoms with van der Waals surface area (Å²) in [7, 11) is 0. The van der Waals surface area contributed by atoms with E-state index in [2.05, 4.69) is 6.58 Å². The molecule has 0 bridgehead atoms. The molecule has 0 saturated heterocycles. The second-order valence-corrected chi connectivity index (χ2v) is 3.03. The lowest BCUT2D eigenvalue weighted by Gasteiger charge is -2.17. The molecule has 82 valence electrons. The van der Waals surface area contributed by atoms with Crippen LogP contribution in [0.2, 0.25) is 0 Å². The van der Waals surface area contributed by atoms with Crippen molar-refractivity contribution in [3.63, 3.8) is 0 Å². The zero-order valence-corrected chi connectivity index (χ0v) is 8.74. The van der Waals surface area contributed by atoms with Gasteiger partial charge in [-0.25, -0.2) is 0 Å². The summed E-state index contributed by atoms with van der Waals surface area (Å²) in [4.78, 5) is 12.2. The molecule has 0 fully saturated rings. The van der Waals surface area contributed by atoms with Crippen molar-refractivity contribution in [2.24, 2.45) is 0 Å². The molecular weight excluding hydrogens is 182 g/mol. The normalized spacial score (nSPS) is 10.4. The Hall–Kier alpha value is -0.870. The number of hydrogen-bond donors (Lipinski definition) is 1. The van der Waals surface area contributed by atoms with Crippen molar-refractivity contribution >= 4 is 5.97 Å². The van der Waals surface area contributed by atoms with Gasteiger partial charge in [0.05, 0.1) is 13.2 Å². The third kappa shape index (κ3) is 7.76. The zero-order chi connectivity index (χ0) is 10.8. The molecule has 0 aliphatic carbocycles. The van der Waals surface area contributed by atoms with Gasteiger partial charge in [-0.05, 0) is 6.42 Å². The largest absolute Gasteiger partial charge is 0.480 e. The summed E-state index contributed by atoms with van der Waals surface area (Å²) < 4.78 is 5.27. The van der Waals surface area contributed by atoms with E-state index in [-0.39, 0.29) is 6.54 Å². The summed E-state index contributed by atoms with van der Waals surface area (Å²) in [6.45, 7) is 8.19. The molecule has 0 atom stereocenters. The van der Waals surface area contributed by atoms with E-state index < -0.39 is 5.97 Å². The Balaban J connectivity index is 3.61. The maximum absolute atomic E-state index is 10.5. The summed E-state index contributed by atoms with van der Waals surface area (Å²) >= 11 is 0. The maximum atomic E-state index is 10.5. The fraction of sp³-hybridized carbons (Fsp3) is 0.700. The van der Waals surface area contributed by atoms with Gasteiger partial charge in [-0.2, -0.15) is 0 Å². The quantitative estimate of drug-likeness (QED) is 0.446. The minimum atomic E-state index is -0.817. The van der Waals surface area contributed by atoms with E-state index in [1.807, 2.05) is 6.92 Å². The lowest BCUT2D eigenvalue weighted by Crippen LogP contribution is -2.33. The number of carboxylic acids is 1. The summed E-state index contributed by atoms with van der Waals surface area (Å²) in [5, 5.41) is 8.60. The number of carbonyl (C=O) groups is 1. The monoisotopic (exact) mass is 201 g/mol. The van der Waals surface area contributed by atoms with Crippen molar-refractivity contribution < 1.29 is 14.6 Å². The highest BCUT2D eigenvalue weighted by molar-refractivity contribution is 5.69. The average Bonchev–Trinajstić information content (AvgIpc) is 2.12. The number of hydrogen-bond acceptors (Lipinski definition) is 3. The van der Waals surface area contributed by atoms with Gasteiger partial charge >= 0.3 is 5.97 Å². The van der Waals surface area contributed by atoms with E-state index in [9.17, 15) is 4.79 Å². The van der Waals surface area contributed by atoms with Crippen molar-refractivity contribution in [1.29, 1.82) is 0 Å². The molecule has 14 heavy (non-hydrogen) atoms. The summed E-state index contributed by atoms with van der Waals surface area (Å²) in [6.07, 6.45) is 2.68. The highest BCUT2D eigenvalue weighted by Crippen LogP contribution is 1.90. The number of aliphatic carboxylic acids is 1. The highest BCUT2D eigenvalue weighted by atomic mass is 16.5. The first-order valence-corrected chi connectivity index (χ1v) is 4.83. The maximum Gasteiger partial charge on any atom is 0.317 e. The fourth-order valence-corrected chi connectivity index (χ4v) is 1.05. The zero-order valence-electron chi connectivity index (χ0n) is 8.74. The molecule has 0 heterocycles. The fourth-order valence-electron chi connectivity index (χ4n) is 1.05. The Morgan fingerprint density at radius 2 is 2.29 bits per heavy atom. The van der Waals surface area contributed by atoms with Gasteiger partial charge < -0.3 is 9.84 Å². The van der Waals surface area contributed by atoms with Crippen LogP contribution in [0.4, 0.5) is 0 Å². The number of rotatable bonds is 9. The van der Waals surface area contributed by atoms with E-state index >= 15 is 0 Å². The summed E-state index contributed by atoms with van der Waals surface area (Å²) in [5.41, 5.74) is 0.